The molecule has 2 aromatic rings. The van der Waals surface area contributed by atoms with Crippen molar-refractivity contribution in [1.29, 1.82) is 0 Å². The Kier molecular flexibility index (Phi) is 2.38. The number of carbonyl (C=O) groups is 2. The Morgan fingerprint density at radius 2 is 1.47 bits per heavy atom. The van der Waals surface area contributed by atoms with Gasteiger partial charge in [0, 0.05) is 29.5 Å². The summed E-state index contributed by atoms with van der Waals surface area (Å²) >= 11 is 0. The largest absolute Gasteiger partial charge is 0.398 e. The van der Waals surface area contributed by atoms with Crippen LogP contribution >= 0.6 is 0 Å². The molecule has 4 nitrogen and oxygen atoms in total. The zero-order chi connectivity index (χ0) is 13.6. The molecule has 1 aliphatic carbocycles. The maximum atomic E-state index is 12.5. The summed E-state index contributed by atoms with van der Waals surface area (Å²) in [5, 5.41) is 2.94. The number of nitrogens with one attached hydrogen (secondary N) is 1. The van der Waals surface area contributed by atoms with Gasteiger partial charge < -0.3 is 11.1 Å². The predicted octanol–water partition coefficient (Wildman–Crippen LogP) is 2.09. The van der Waals surface area contributed by atoms with Gasteiger partial charge >= 0.3 is 0 Å². The van der Waals surface area contributed by atoms with Gasteiger partial charge in [-0.1, -0.05) is 24.3 Å². The van der Waals surface area contributed by atoms with E-state index in [4.69, 9.17) is 5.73 Å². The summed E-state index contributed by atoms with van der Waals surface area (Å²) in [6.07, 6.45) is 0. The van der Waals surface area contributed by atoms with Crippen LogP contribution in [0.25, 0.3) is 0 Å². The van der Waals surface area contributed by atoms with Crippen molar-refractivity contribution in [3.05, 3.63) is 58.7 Å². The molecule has 0 unspecified atom stereocenters. The van der Waals surface area contributed by atoms with E-state index >= 15 is 0 Å². The van der Waals surface area contributed by atoms with E-state index in [1.165, 1.54) is 0 Å². The molecular formula is C15H12N2O2. The topological polar surface area (TPSA) is 72.2 Å². The normalized spacial score (nSPS) is 12.9. The van der Waals surface area contributed by atoms with Gasteiger partial charge in [-0.05, 0) is 12.1 Å². The van der Waals surface area contributed by atoms with Gasteiger partial charge in [0.15, 0.2) is 11.6 Å². The van der Waals surface area contributed by atoms with Gasteiger partial charge in [0.05, 0.1) is 11.1 Å². The van der Waals surface area contributed by atoms with Crippen LogP contribution in [0.3, 0.4) is 0 Å². The lowest BCUT2D eigenvalue weighted by molar-refractivity contribution is 0.0980. The highest BCUT2D eigenvalue weighted by Gasteiger charge is 2.32. The number of rotatable bonds is 1. The third-order valence-electron chi connectivity index (χ3n) is 3.38. The zero-order valence-electron chi connectivity index (χ0n) is 10.4. The summed E-state index contributed by atoms with van der Waals surface area (Å²) in [6.45, 7) is 0. The number of ketones is 2. The van der Waals surface area contributed by atoms with Crippen LogP contribution < -0.4 is 11.1 Å². The van der Waals surface area contributed by atoms with E-state index in [0.29, 0.717) is 33.6 Å². The summed E-state index contributed by atoms with van der Waals surface area (Å²) < 4.78 is 0. The lowest BCUT2D eigenvalue weighted by Crippen LogP contribution is -2.23. The van der Waals surface area contributed by atoms with Crippen molar-refractivity contribution >= 4 is 22.9 Å². The molecule has 94 valence electrons. The third-order valence-corrected chi connectivity index (χ3v) is 3.38. The number of nitrogen functional groups attached to an aromatic ring is 1. The number of fused-ring (bicyclic) bond motifs is 2. The zero-order valence-corrected chi connectivity index (χ0v) is 10.4. The highest BCUT2D eigenvalue weighted by Crippen LogP contribution is 2.34. The monoisotopic (exact) mass is 252 g/mol. The van der Waals surface area contributed by atoms with Crippen molar-refractivity contribution in [3.8, 4) is 0 Å². The minimum Gasteiger partial charge on any atom is -0.398 e. The fourth-order valence-corrected chi connectivity index (χ4v) is 2.46. The molecule has 2 aromatic carbocycles. The first-order valence-corrected chi connectivity index (χ1v) is 5.93. The van der Waals surface area contributed by atoms with Gasteiger partial charge in [0.25, 0.3) is 0 Å². The number of nitrogens with two attached hydrogens (primary N) is 1. The molecule has 3 N–H and O–H groups in total. The van der Waals surface area contributed by atoms with Gasteiger partial charge in [0.2, 0.25) is 0 Å². The van der Waals surface area contributed by atoms with Crippen molar-refractivity contribution in [1.82, 2.24) is 0 Å². The molecule has 4 heteroatoms. The molecule has 19 heavy (non-hydrogen) atoms. The van der Waals surface area contributed by atoms with E-state index in [0.717, 1.165) is 0 Å². The summed E-state index contributed by atoms with van der Waals surface area (Å²) in [5.74, 6) is -0.360. The van der Waals surface area contributed by atoms with E-state index in [1.54, 1.807) is 43.4 Å². The van der Waals surface area contributed by atoms with Crippen LogP contribution in [-0.4, -0.2) is 18.6 Å². The molecule has 1 aliphatic rings. The minimum atomic E-state index is -0.195. The first-order valence-electron chi connectivity index (χ1n) is 5.93. The van der Waals surface area contributed by atoms with Crippen LogP contribution in [0.2, 0.25) is 0 Å². The van der Waals surface area contributed by atoms with Gasteiger partial charge in [-0.3, -0.25) is 9.59 Å². The number of hydrogen-bond acceptors (Lipinski definition) is 4. The first-order chi connectivity index (χ1) is 9.15. The minimum absolute atomic E-state index is 0.165. The van der Waals surface area contributed by atoms with Crippen LogP contribution in [-0.2, 0) is 0 Å². The molecule has 0 bridgehead atoms. The van der Waals surface area contributed by atoms with Crippen LogP contribution in [0.15, 0.2) is 36.4 Å². The smallest absolute Gasteiger partial charge is 0.196 e. The van der Waals surface area contributed by atoms with E-state index in [-0.39, 0.29) is 11.6 Å². The Morgan fingerprint density at radius 3 is 2.05 bits per heavy atom. The maximum absolute atomic E-state index is 12.5. The van der Waals surface area contributed by atoms with Gasteiger partial charge in [0.1, 0.15) is 0 Å². The molecule has 0 aliphatic heterocycles. The summed E-state index contributed by atoms with van der Waals surface area (Å²) in [7, 11) is 1.71. The molecule has 0 saturated carbocycles. The van der Waals surface area contributed by atoms with Crippen LogP contribution in [0.1, 0.15) is 31.8 Å². The van der Waals surface area contributed by atoms with Crippen LogP contribution in [0, 0.1) is 0 Å². The Hall–Kier alpha value is -2.62. The maximum Gasteiger partial charge on any atom is 0.196 e. The number of hydrogen-bond donors (Lipinski definition) is 2. The molecule has 0 aromatic heterocycles. The van der Waals surface area contributed by atoms with Crippen molar-refractivity contribution in [2.24, 2.45) is 0 Å². The average molecular weight is 252 g/mol. The van der Waals surface area contributed by atoms with Gasteiger partial charge in [-0.2, -0.15) is 0 Å². The highest BCUT2D eigenvalue weighted by atomic mass is 16.1. The second-order valence-electron chi connectivity index (χ2n) is 4.41. The summed E-state index contributed by atoms with van der Waals surface area (Å²) in [6, 6.07) is 10.2. The molecule has 0 heterocycles. The van der Waals surface area contributed by atoms with E-state index in [1.807, 2.05) is 0 Å². The number of anilines is 2. The molecule has 3 rings (SSSR count). The first kappa shape index (κ1) is 11.5. The molecule has 0 fully saturated rings. The van der Waals surface area contributed by atoms with Crippen molar-refractivity contribution in [2.75, 3.05) is 18.1 Å². The predicted molar refractivity (Wildman–Crippen MR) is 73.7 cm³/mol. The molecule has 0 saturated heterocycles. The average Bonchev–Trinajstić information content (AvgIpc) is 2.44. The number of benzene rings is 2. The summed E-state index contributed by atoms with van der Waals surface area (Å²) in [5.41, 5.74) is 8.35. The lowest BCUT2D eigenvalue weighted by atomic mass is 9.82. The Morgan fingerprint density at radius 1 is 0.895 bits per heavy atom. The van der Waals surface area contributed by atoms with E-state index in [2.05, 4.69) is 5.32 Å². The lowest BCUT2D eigenvalue weighted by Gasteiger charge is -2.21. The molecule has 0 radical (unpaired) electrons. The second-order valence-corrected chi connectivity index (χ2v) is 4.41. The van der Waals surface area contributed by atoms with E-state index in [9.17, 15) is 9.59 Å². The Labute approximate surface area is 110 Å². The van der Waals surface area contributed by atoms with E-state index < -0.39 is 0 Å². The Balaban J connectivity index is 2.38. The third kappa shape index (κ3) is 1.46. The molecule has 0 amide bonds. The second kappa shape index (κ2) is 3.95. The Bertz CT molecular complexity index is 720. The standard InChI is InChI=1S/C15H12N2O2/c1-17-11-7-6-10(16)12-13(11)15(19)9-5-3-2-4-8(9)14(12)18/h2-7,17H,16H2,1H3. The van der Waals surface area contributed by atoms with Crippen LogP contribution in [0.4, 0.5) is 11.4 Å². The van der Waals surface area contributed by atoms with Crippen molar-refractivity contribution in [3.63, 3.8) is 0 Å². The van der Waals surface area contributed by atoms with Gasteiger partial charge in [-0.15, -0.1) is 0 Å². The fraction of sp³-hybridized carbons (Fsp3) is 0.0667. The van der Waals surface area contributed by atoms with Gasteiger partial charge in [-0.25, -0.2) is 0 Å². The number of carbonyl (C=O) groups excluding carboxylic acids is 2. The SMILES string of the molecule is CNc1ccc(N)c2c1C(=O)c1ccccc1C2=O. The van der Waals surface area contributed by atoms with Crippen LogP contribution in [0.5, 0.6) is 0 Å². The van der Waals surface area contributed by atoms with Crippen molar-refractivity contribution < 1.29 is 9.59 Å². The molecule has 0 spiro atoms. The molecule has 0 atom stereocenters. The summed E-state index contributed by atoms with van der Waals surface area (Å²) in [4.78, 5) is 25.0. The quantitative estimate of drug-likeness (QED) is 0.650. The molecular weight excluding hydrogens is 240 g/mol. The highest BCUT2D eigenvalue weighted by molar-refractivity contribution is 6.31. The van der Waals surface area contributed by atoms with Crippen molar-refractivity contribution in [2.45, 2.75) is 0 Å². The fourth-order valence-electron chi connectivity index (χ4n) is 2.46.